The summed E-state index contributed by atoms with van der Waals surface area (Å²) in [5.74, 6) is -6.67. The molecule has 0 heterocycles. The van der Waals surface area contributed by atoms with Crippen molar-refractivity contribution >= 4 is 12.3 Å². The Hall–Kier alpha value is -3.01. The molecule has 0 spiro atoms. The Morgan fingerprint density at radius 3 is 2.16 bits per heavy atom. The highest BCUT2D eigenvalue weighted by Gasteiger charge is 2.58. The van der Waals surface area contributed by atoms with Crippen LogP contribution in [0.4, 0.5) is 22.0 Å². The molecule has 0 aliphatic rings. The average Bonchev–Trinajstić information content (AvgIpc) is 2.60. The predicted octanol–water partition coefficient (Wildman–Crippen LogP) is 4.58. The Labute approximate surface area is 174 Å². The van der Waals surface area contributed by atoms with Crippen molar-refractivity contribution in [2.45, 2.75) is 43.6 Å². The Kier molecular flexibility index (Phi) is 6.46. The van der Waals surface area contributed by atoms with Crippen molar-refractivity contribution in [3.63, 3.8) is 0 Å². The molecule has 0 aliphatic carbocycles. The van der Waals surface area contributed by atoms with E-state index in [-0.39, 0.29) is 16.7 Å². The van der Waals surface area contributed by atoms with E-state index in [0.29, 0.717) is 12.4 Å². The second-order valence-electron chi connectivity index (χ2n) is 7.85. The molecule has 0 amide bonds. The van der Waals surface area contributed by atoms with E-state index < -0.39 is 52.8 Å². The summed E-state index contributed by atoms with van der Waals surface area (Å²) in [5.41, 5.74) is -1.11. The van der Waals surface area contributed by atoms with E-state index in [1.54, 1.807) is 0 Å². The molecule has 2 aromatic rings. The summed E-state index contributed by atoms with van der Waals surface area (Å²) < 4.78 is 70.6. The van der Waals surface area contributed by atoms with Crippen molar-refractivity contribution in [3.05, 3.63) is 53.3 Å². The first-order valence-electron chi connectivity index (χ1n) is 8.96. The SMILES string of the molecule is CC(C)(F)C[C@@](N)(C(=O)O)C(c1ccc(-c2cc(C=O)ccc2O)c(F)c1)C(F)(F)F. The molecule has 1 unspecified atom stereocenters. The van der Waals surface area contributed by atoms with Crippen molar-refractivity contribution in [1.82, 2.24) is 0 Å². The quantitative estimate of drug-likeness (QED) is 0.428. The van der Waals surface area contributed by atoms with Crippen LogP contribution < -0.4 is 5.73 Å². The number of aromatic hydroxyl groups is 1. The second kappa shape index (κ2) is 8.26. The highest BCUT2D eigenvalue weighted by molar-refractivity contribution is 5.82. The summed E-state index contributed by atoms with van der Waals surface area (Å²) in [6.45, 7) is 1.77. The zero-order valence-electron chi connectivity index (χ0n) is 16.5. The fourth-order valence-electron chi connectivity index (χ4n) is 3.55. The summed E-state index contributed by atoms with van der Waals surface area (Å²) in [7, 11) is 0. The molecule has 168 valence electrons. The molecule has 31 heavy (non-hydrogen) atoms. The maximum absolute atomic E-state index is 14.8. The summed E-state index contributed by atoms with van der Waals surface area (Å²) in [4.78, 5) is 22.6. The van der Waals surface area contributed by atoms with Gasteiger partial charge < -0.3 is 15.9 Å². The van der Waals surface area contributed by atoms with Crippen LogP contribution in [0.15, 0.2) is 36.4 Å². The molecule has 0 aromatic heterocycles. The van der Waals surface area contributed by atoms with Crippen molar-refractivity contribution in [3.8, 4) is 16.9 Å². The van der Waals surface area contributed by atoms with Crippen molar-refractivity contribution in [2.75, 3.05) is 0 Å². The van der Waals surface area contributed by atoms with Gasteiger partial charge in [-0.15, -0.1) is 0 Å². The van der Waals surface area contributed by atoms with E-state index in [2.05, 4.69) is 0 Å². The molecular weight excluding hydrogens is 425 g/mol. The maximum atomic E-state index is 14.8. The summed E-state index contributed by atoms with van der Waals surface area (Å²) in [6.07, 6.45) is -6.00. The fourth-order valence-corrected chi connectivity index (χ4v) is 3.55. The molecule has 4 N–H and O–H groups in total. The zero-order chi connectivity index (χ0) is 23.8. The maximum Gasteiger partial charge on any atom is 0.398 e. The standard InChI is InChI=1S/C21H20F5NO4/c1-19(2,23)10-20(27,18(30)31)17(21(24,25)26)12-4-5-13(15(22)8-12)14-7-11(9-28)3-6-16(14)29/h3-9,17,29H,10,27H2,1-2H3,(H,30,31)/t17?,20-/m0/s1. The molecule has 5 nitrogen and oxygen atoms in total. The van der Waals surface area contributed by atoms with Crippen LogP contribution in [0.2, 0.25) is 0 Å². The smallest absolute Gasteiger partial charge is 0.398 e. The lowest BCUT2D eigenvalue weighted by atomic mass is 9.73. The number of carboxylic acid groups (broad SMARTS) is 1. The number of phenols is 1. The number of aldehydes is 1. The van der Waals surface area contributed by atoms with Gasteiger partial charge >= 0.3 is 12.1 Å². The largest absolute Gasteiger partial charge is 0.507 e. The number of aliphatic carboxylic acids is 1. The Balaban J connectivity index is 2.67. The topological polar surface area (TPSA) is 101 Å². The number of halogens is 5. The monoisotopic (exact) mass is 445 g/mol. The van der Waals surface area contributed by atoms with E-state index in [4.69, 9.17) is 5.73 Å². The molecule has 2 atom stereocenters. The van der Waals surface area contributed by atoms with Crippen LogP contribution in [0.1, 0.15) is 42.1 Å². The minimum Gasteiger partial charge on any atom is -0.507 e. The minimum atomic E-state index is -5.24. The molecular formula is C21H20F5NO4. The van der Waals surface area contributed by atoms with Gasteiger partial charge in [0.25, 0.3) is 0 Å². The van der Waals surface area contributed by atoms with Gasteiger partial charge in [0.05, 0.1) is 0 Å². The van der Waals surface area contributed by atoms with Gasteiger partial charge in [0, 0.05) is 23.1 Å². The molecule has 0 aliphatic heterocycles. The highest BCUT2D eigenvalue weighted by Crippen LogP contribution is 2.46. The predicted molar refractivity (Wildman–Crippen MR) is 102 cm³/mol. The number of carbonyl (C=O) groups is 2. The third-order valence-corrected chi connectivity index (χ3v) is 4.73. The molecule has 2 aromatic carbocycles. The molecule has 0 saturated heterocycles. The first kappa shape index (κ1) is 24.3. The molecule has 0 saturated carbocycles. The number of nitrogens with two attached hydrogens (primary N) is 1. The zero-order valence-corrected chi connectivity index (χ0v) is 16.5. The molecule has 10 heteroatoms. The minimum absolute atomic E-state index is 0.0847. The normalized spacial score (nSPS) is 15.2. The van der Waals surface area contributed by atoms with Gasteiger partial charge in [0.2, 0.25) is 0 Å². The van der Waals surface area contributed by atoms with Crippen LogP contribution in [0.5, 0.6) is 5.75 Å². The lowest BCUT2D eigenvalue weighted by molar-refractivity contribution is -0.182. The number of benzene rings is 2. The van der Waals surface area contributed by atoms with Crippen LogP contribution in [-0.2, 0) is 4.79 Å². The molecule has 0 radical (unpaired) electrons. The number of hydrogen-bond acceptors (Lipinski definition) is 4. The van der Waals surface area contributed by atoms with E-state index >= 15 is 0 Å². The van der Waals surface area contributed by atoms with Gasteiger partial charge in [0.1, 0.15) is 35.0 Å². The third kappa shape index (κ3) is 5.19. The van der Waals surface area contributed by atoms with Crippen LogP contribution in [-0.4, -0.2) is 39.9 Å². The Bertz CT molecular complexity index is 1000. The number of phenolic OH excluding ortho intramolecular Hbond substituents is 1. The van der Waals surface area contributed by atoms with Gasteiger partial charge in [-0.25, -0.2) is 8.78 Å². The van der Waals surface area contributed by atoms with E-state index in [9.17, 15) is 41.8 Å². The third-order valence-electron chi connectivity index (χ3n) is 4.73. The van der Waals surface area contributed by atoms with E-state index in [1.165, 1.54) is 6.07 Å². The molecule has 2 rings (SSSR count). The van der Waals surface area contributed by atoms with Crippen LogP contribution in [0, 0.1) is 5.82 Å². The summed E-state index contributed by atoms with van der Waals surface area (Å²) in [6, 6.07) is 5.65. The number of rotatable bonds is 7. The van der Waals surface area contributed by atoms with Crippen molar-refractivity contribution < 1.29 is 41.8 Å². The highest BCUT2D eigenvalue weighted by atomic mass is 19.4. The number of carboxylic acids is 1. The average molecular weight is 445 g/mol. The van der Waals surface area contributed by atoms with Gasteiger partial charge in [0.15, 0.2) is 0 Å². The van der Waals surface area contributed by atoms with Crippen LogP contribution >= 0.6 is 0 Å². The number of hydrogen-bond donors (Lipinski definition) is 3. The lowest BCUT2D eigenvalue weighted by Gasteiger charge is -2.38. The van der Waals surface area contributed by atoms with Crippen LogP contribution in [0.3, 0.4) is 0 Å². The fraction of sp³-hybridized carbons (Fsp3) is 0.333. The number of carbonyl (C=O) groups excluding carboxylic acids is 1. The second-order valence-corrected chi connectivity index (χ2v) is 7.85. The number of alkyl halides is 4. The van der Waals surface area contributed by atoms with Gasteiger partial charge in [-0.1, -0.05) is 12.1 Å². The summed E-state index contributed by atoms with van der Waals surface area (Å²) >= 11 is 0. The van der Waals surface area contributed by atoms with Gasteiger partial charge in [-0.05, 0) is 43.7 Å². The Morgan fingerprint density at radius 1 is 1.10 bits per heavy atom. The van der Waals surface area contributed by atoms with Gasteiger partial charge in [-0.2, -0.15) is 13.2 Å². The molecule has 0 bridgehead atoms. The first-order valence-corrected chi connectivity index (χ1v) is 8.96. The lowest BCUT2D eigenvalue weighted by Crippen LogP contribution is -2.59. The van der Waals surface area contributed by atoms with E-state index in [0.717, 1.165) is 38.1 Å². The van der Waals surface area contributed by atoms with Gasteiger partial charge in [-0.3, -0.25) is 9.59 Å². The van der Waals surface area contributed by atoms with E-state index in [1.807, 2.05) is 0 Å². The Morgan fingerprint density at radius 2 is 1.71 bits per heavy atom. The molecule has 0 fully saturated rings. The summed E-state index contributed by atoms with van der Waals surface area (Å²) in [5, 5.41) is 19.4. The van der Waals surface area contributed by atoms with Crippen molar-refractivity contribution in [2.24, 2.45) is 5.73 Å². The van der Waals surface area contributed by atoms with Crippen LogP contribution in [0.25, 0.3) is 11.1 Å². The van der Waals surface area contributed by atoms with Crippen molar-refractivity contribution in [1.29, 1.82) is 0 Å². The first-order chi connectivity index (χ1) is 14.1.